The Bertz CT molecular complexity index is 1820. The average molecular weight is 830 g/mol. The van der Waals surface area contributed by atoms with E-state index >= 15 is 0 Å². The van der Waals surface area contributed by atoms with Crippen molar-refractivity contribution in [3.8, 4) is 12.1 Å². The Hall–Kier alpha value is -3.34. The van der Waals surface area contributed by atoms with Crippen molar-refractivity contribution >= 4 is 13.3 Å². The number of aliphatic hydroxyl groups is 2. The van der Waals surface area contributed by atoms with E-state index in [4.69, 9.17) is 23.3 Å². The lowest BCUT2D eigenvalue weighted by Crippen LogP contribution is -2.41. The van der Waals surface area contributed by atoms with Crippen molar-refractivity contribution < 1.29 is 47.3 Å². The van der Waals surface area contributed by atoms with Gasteiger partial charge in [0, 0.05) is 6.61 Å². The van der Waals surface area contributed by atoms with Crippen LogP contribution < -0.4 is 0 Å². The molecule has 0 bridgehead atoms. The normalized spacial score (nSPS) is 20.9. The van der Waals surface area contributed by atoms with E-state index in [1.807, 2.05) is 6.07 Å². The summed E-state index contributed by atoms with van der Waals surface area (Å²) in [6.45, 7) is 3.25. The molecule has 1 aliphatic rings. The molecule has 3 N–H and O–H groups in total. The largest absolute Gasteiger partial charge is 0.472 e. The van der Waals surface area contributed by atoms with Crippen LogP contribution in [0.3, 0.4) is 0 Å². The Morgan fingerprint density at radius 1 is 0.931 bits per heavy atom. The molecule has 1 fully saturated rings. The first-order valence-corrected chi connectivity index (χ1v) is 22.3. The van der Waals surface area contributed by atoms with Crippen molar-refractivity contribution in [2.24, 2.45) is 0 Å². The number of nitrogens with zero attached hydrogens (tertiary/aromatic N) is 5. The maximum atomic E-state index is 13.9. The highest BCUT2D eigenvalue weighted by atomic mass is 31.2. The zero-order valence-electron chi connectivity index (χ0n) is 34.0. The third-order valence-corrected chi connectivity index (χ3v) is 11.5. The molecule has 14 nitrogen and oxygen atoms in total. The lowest BCUT2D eigenvalue weighted by atomic mass is 9.92. The van der Waals surface area contributed by atoms with Gasteiger partial charge in [-0.2, -0.15) is 15.6 Å². The molecule has 16 heteroatoms. The second-order valence-corrected chi connectivity index (χ2v) is 16.6. The van der Waals surface area contributed by atoms with Crippen molar-refractivity contribution in [1.82, 2.24) is 14.6 Å². The summed E-state index contributed by atoms with van der Waals surface area (Å²) < 4.78 is 56.3. The Balaban J connectivity index is 1.20. The van der Waals surface area contributed by atoms with E-state index < -0.39 is 56.9 Å². The number of halogens is 1. The fraction of sp³-hybridized carbons (Fsp3) is 0.667. The van der Waals surface area contributed by atoms with Crippen LogP contribution in [-0.2, 0) is 40.0 Å². The molecule has 0 radical (unpaired) electrons. The van der Waals surface area contributed by atoms with Crippen LogP contribution in [0.1, 0.15) is 132 Å². The van der Waals surface area contributed by atoms with E-state index in [1.54, 1.807) is 19.1 Å². The maximum absolute atomic E-state index is 13.9. The molecule has 0 amide bonds. The van der Waals surface area contributed by atoms with Gasteiger partial charge in [0.05, 0.1) is 48.9 Å². The molecule has 0 saturated carbocycles. The highest BCUT2D eigenvalue weighted by Crippen LogP contribution is 2.46. The molecule has 0 spiro atoms. The van der Waals surface area contributed by atoms with Gasteiger partial charge in [-0.25, -0.2) is 18.5 Å². The first kappa shape index (κ1) is 47.3. The number of nitriles is 2. The number of aryl methyl sites for hydroxylation is 1. The molecule has 3 aromatic rings. The molecule has 6 atom stereocenters. The topological polar surface area (TPSA) is 202 Å². The molecular weight excluding hydrogens is 768 g/mol. The quantitative estimate of drug-likeness (QED) is 0.0451. The minimum atomic E-state index is -4.80. The summed E-state index contributed by atoms with van der Waals surface area (Å²) in [5.41, 5.74) is -0.407. The highest BCUT2D eigenvalue weighted by Gasteiger charge is 2.58. The number of unbranched alkanes of at least 4 members (excludes halogenated alkanes) is 15. The second-order valence-electron chi connectivity index (χ2n) is 15.1. The molecule has 1 saturated heterocycles. The predicted octanol–water partition coefficient (Wildman–Crippen LogP) is 7.89. The molecule has 320 valence electrons. The number of phosphoric acid groups is 1. The molecule has 4 rings (SSSR count). The van der Waals surface area contributed by atoms with E-state index in [9.17, 15) is 34.6 Å². The van der Waals surface area contributed by atoms with Crippen molar-refractivity contribution in [2.45, 2.75) is 153 Å². The molecule has 1 aromatic carbocycles. The molecule has 2 aromatic heterocycles. The Labute approximate surface area is 341 Å². The van der Waals surface area contributed by atoms with Crippen molar-refractivity contribution in [2.75, 3.05) is 26.4 Å². The Morgan fingerprint density at radius 3 is 2.19 bits per heavy atom. The molecule has 58 heavy (non-hydrogen) atoms. The fourth-order valence-electron chi connectivity index (χ4n) is 7.11. The molecule has 0 aliphatic carbocycles. The molecule has 1 unspecified atom stereocenters. The van der Waals surface area contributed by atoms with Crippen molar-refractivity contribution in [3.05, 3.63) is 65.0 Å². The number of hydrogen-bond donors (Lipinski definition) is 3. The summed E-state index contributed by atoms with van der Waals surface area (Å²) in [6, 6.07) is 10.9. The van der Waals surface area contributed by atoms with Gasteiger partial charge in [0.1, 0.15) is 48.7 Å². The number of hydrogen-bond acceptors (Lipinski definition) is 12. The summed E-state index contributed by atoms with van der Waals surface area (Å²) >= 11 is 0. The SMILES string of the molecule is CCCCCCCCCCCCCCCCCCOC[C@H](COP(=O)(O)OC[C@H]1O[C@@](C#N)(c2ccc3c(C)ncnn23)[C@H](O)[C@@H]1O)OCc1ccc(F)c(C#N)c1. The molecule has 3 heterocycles. The van der Waals surface area contributed by atoms with Gasteiger partial charge in [0.15, 0.2) is 0 Å². The highest BCUT2D eigenvalue weighted by molar-refractivity contribution is 7.47. The van der Waals surface area contributed by atoms with Crippen LogP contribution >= 0.6 is 7.82 Å². The minimum Gasteiger partial charge on any atom is -0.387 e. The first-order valence-electron chi connectivity index (χ1n) is 20.8. The summed E-state index contributed by atoms with van der Waals surface area (Å²) in [7, 11) is -4.80. The molecular formula is C42H61FN5O9P. The van der Waals surface area contributed by atoms with E-state index in [0.29, 0.717) is 23.4 Å². The Kier molecular flexibility index (Phi) is 20.1. The van der Waals surface area contributed by atoms with E-state index in [0.717, 1.165) is 25.3 Å². The predicted molar refractivity (Wildman–Crippen MR) is 214 cm³/mol. The van der Waals surface area contributed by atoms with Crippen LogP contribution in [0.15, 0.2) is 36.7 Å². The third-order valence-electron chi connectivity index (χ3n) is 10.6. The number of ether oxygens (including phenoxy) is 3. The number of aromatic nitrogens is 3. The number of phosphoric ester groups is 1. The van der Waals surface area contributed by atoms with Gasteiger partial charge in [-0.15, -0.1) is 0 Å². The van der Waals surface area contributed by atoms with Gasteiger partial charge in [-0.3, -0.25) is 9.05 Å². The zero-order chi connectivity index (χ0) is 41.8. The third kappa shape index (κ3) is 14.1. The van der Waals surface area contributed by atoms with Gasteiger partial charge in [-0.05, 0) is 43.2 Å². The van der Waals surface area contributed by atoms with Crippen LogP contribution in [0.2, 0.25) is 0 Å². The van der Waals surface area contributed by atoms with Gasteiger partial charge in [0.25, 0.3) is 0 Å². The van der Waals surface area contributed by atoms with Crippen LogP contribution in [0, 0.1) is 35.4 Å². The van der Waals surface area contributed by atoms with Gasteiger partial charge < -0.3 is 29.3 Å². The number of aliphatic hydroxyl groups excluding tert-OH is 2. The van der Waals surface area contributed by atoms with Crippen LogP contribution in [0.4, 0.5) is 4.39 Å². The van der Waals surface area contributed by atoms with E-state index in [1.165, 1.54) is 113 Å². The fourth-order valence-corrected chi connectivity index (χ4v) is 7.87. The second kappa shape index (κ2) is 24.7. The van der Waals surface area contributed by atoms with Crippen LogP contribution in [-0.4, -0.2) is 80.5 Å². The van der Waals surface area contributed by atoms with E-state index in [-0.39, 0.29) is 24.5 Å². The van der Waals surface area contributed by atoms with Gasteiger partial charge >= 0.3 is 7.82 Å². The lowest BCUT2D eigenvalue weighted by molar-refractivity contribution is -0.0690. The minimum absolute atomic E-state index is 0.0146. The Morgan fingerprint density at radius 2 is 1.57 bits per heavy atom. The number of fused-ring (bicyclic) bond motifs is 1. The standard InChI is InChI=1S/C42H61FN5O9P/c1-3-4-5-6-7-8-9-10-11-12-13-14-15-16-17-18-23-53-27-35(54-26-33-19-20-36(43)34(24-33)25-44)28-55-58(51,52)56-29-38-40(49)41(50)42(30-45,57-38)39-22-21-37-32(2)46-31-47-48(37)39/h19-22,24,31,35,38,40-41,49-50H,3-18,23,26-29H2,1-2H3,(H,51,52)/t35-,38-,40-,41-,42+/m1/s1. The average Bonchev–Trinajstić information content (AvgIpc) is 3.77. The monoisotopic (exact) mass is 829 g/mol. The van der Waals surface area contributed by atoms with Crippen molar-refractivity contribution in [3.63, 3.8) is 0 Å². The zero-order valence-corrected chi connectivity index (χ0v) is 34.9. The summed E-state index contributed by atoms with van der Waals surface area (Å²) in [6.07, 6.45) is 15.7. The number of benzene rings is 1. The van der Waals surface area contributed by atoms with Gasteiger partial charge in [0.2, 0.25) is 5.60 Å². The van der Waals surface area contributed by atoms with Crippen molar-refractivity contribution in [1.29, 1.82) is 10.5 Å². The number of rotatable bonds is 29. The summed E-state index contributed by atoms with van der Waals surface area (Å²) in [5.74, 6) is -0.659. The summed E-state index contributed by atoms with van der Waals surface area (Å²) in [4.78, 5) is 14.7. The van der Waals surface area contributed by atoms with Gasteiger partial charge in [-0.1, -0.05) is 109 Å². The molecule has 1 aliphatic heterocycles. The van der Waals surface area contributed by atoms with E-state index in [2.05, 4.69) is 17.0 Å². The lowest BCUT2D eigenvalue weighted by Gasteiger charge is -2.24. The van der Waals surface area contributed by atoms with Crippen LogP contribution in [0.25, 0.3) is 5.52 Å². The maximum Gasteiger partial charge on any atom is 0.472 e. The first-order chi connectivity index (χ1) is 28.0. The van der Waals surface area contributed by atoms with Crippen LogP contribution in [0.5, 0.6) is 0 Å². The summed E-state index contributed by atoms with van der Waals surface area (Å²) in [5, 5.41) is 45.4. The smallest absolute Gasteiger partial charge is 0.387 e.